The molecule has 1 amide bonds. The summed E-state index contributed by atoms with van der Waals surface area (Å²) in [6.07, 6.45) is 8.04. The summed E-state index contributed by atoms with van der Waals surface area (Å²) in [5, 5.41) is 4.18. The number of nitrogens with zero attached hydrogens (tertiary/aromatic N) is 4. The third kappa shape index (κ3) is 4.79. The van der Waals surface area contributed by atoms with Crippen LogP contribution in [0.1, 0.15) is 42.1 Å². The van der Waals surface area contributed by atoms with Gasteiger partial charge in [-0.05, 0) is 55.7 Å². The lowest BCUT2D eigenvalue weighted by atomic mass is 10.1. The van der Waals surface area contributed by atoms with Gasteiger partial charge in [-0.1, -0.05) is 24.6 Å². The van der Waals surface area contributed by atoms with E-state index < -0.39 is 15.9 Å². The van der Waals surface area contributed by atoms with Crippen molar-refractivity contribution >= 4 is 21.6 Å². The number of piperidine rings is 1. The molecule has 9 heteroatoms. The number of hydrazone groups is 1. The number of nitrogens with one attached hydrogen (secondary N) is 1. The SMILES string of the molecule is CC(=NNC(=O)c1cccc(S(=O)(=O)N2CCCCC2)c1)c1ccc(-n2ccnc2)cc1. The predicted octanol–water partition coefficient (Wildman–Crippen LogP) is 3.20. The highest BCUT2D eigenvalue weighted by Crippen LogP contribution is 2.21. The number of rotatable bonds is 6. The molecule has 0 spiro atoms. The highest BCUT2D eigenvalue weighted by Gasteiger charge is 2.26. The molecule has 2 heterocycles. The summed E-state index contributed by atoms with van der Waals surface area (Å²) < 4.78 is 29.2. The summed E-state index contributed by atoms with van der Waals surface area (Å²) in [4.78, 5) is 16.8. The van der Waals surface area contributed by atoms with Crippen LogP contribution in [0.3, 0.4) is 0 Å². The van der Waals surface area contributed by atoms with Crippen LogP contribution in [0.15, 0.2) is 77.2 Å². The van der Waals surface area contributed by atoms with Crippen LogP contribution in [-0.4, -0.2) is 47.0 Å². The first-order valence-corrected chi connectivity index (χ1v) is 11.9. The molecule has 1 aromatic heterocycles. The van der Waals surface area contributed by atoms with Gasteiger partial charge in [-0.2, -0.15) is 9.41 Å². The van der Waals surface area contributed by atoms with E-state index in [-0.39, 0.29) is 10.5 Å². The Hall–Kier alpha value is -3.30. The van der Waals surface area contributed by atoms with Crippen molar-refractivity contribution in [2.75, 3.05) is 13.1 Å². The average molecular weight is 452 g/mol. The second-order valence-corrected chi connectivity index (χ2v) is 9.59. The lowest BCUT2D eigenvalue weighted by Gasteiger charge is -2.25. The van der Waals surface area contributed by atoms with Crippen LogP contribution in [-0.2, 0) is 10.0 Å². The average Bonchev–Trinajstić information content (AvgIpc) is 3.38. The van der Waals surface area contributed by atoms with E-state index >= 15 is 0 Å². The van der Waals surface area contributed by atoms with E-state index in [0.29, 0.717) is 18.8 Å². The van der Waals surface area contributed by atoms with Crippen molar-refractivity contribution in [1.29, 1.82) is 0 Å². The van der Waals surface area contributed by atoms with E-state index in [0.717, 1.165) is 30.5 Å². The van der Waals surface area contributed by atoms with Crippen molar-refractivity contribution in [3.8, 4) is 5.69 Å². The molecule has 1 saturated heterocycles. The number of carbonyl (C=O) groups is 1. The number of carbonyl (C=O) groups excluding carboxylic acids is 1. The third-order valence-electron chi connectivity index (χ3n) is 5.46. The minimum atomic E-state index is -3.60. The molecular weight excluding hydrogens is 426 g/mol. The van der Waals surface area contributed by atoms with Gasteiger partial charge in [-0.25, -0.2) is 18.8 Å². The first kappa shape index (κ1) is 21.9. The van der Waals surface area contributed by atoms with E-state index in [1.807, 2.05) is 35.0 Å². The number of aromatic nitrogens is 2. The van der Waals surface area contributed by atoms with Gasteiger partial charge in [0.1, 0.15) is 0 Å². The molecule has 166 valence electrons. The fraction of sp³-hybridized carbons (Fsp3) is 0.261. The van der Waals surface area contributed by atoms with E-state index in [1.54, 1.807) is 31.6 Å². The molecule has 0 atom stereocenters. The predicted molar refractivity (Wildman–Crippen MR) is 122 cm³/mol. The van der Waals surface area contributed by atoms with Gasteiger partial charge in [0.15, 0.2) is 0 Å². The van der Waals surface area contributed by atoms with Crippen molar-refractivity contribution in [2.24, 2.45) is 5.10 Å². The smallest absolute Gasteiger partial charge is 0.271 e. The zero-order valence-corrected chi connectivity index (χ0v) is 18.6. The summed E-state index contributed by atoms with van der Waals surface area (Å²) in [7, 11) is -3.60. The van der Waals surface area contributed by atoms with Gasteiger partial charge >= 0.3 is 0 Å². The second-order valence-electron chi connectivity index (χ2n) is 7.65. The van der Waals surface area contributed by atoms with Gasteiger partial charge in [0.05, 0.1) is 16.9 Å². The normalized spacial score (nSPS) is 15.5. The molecule has 0 unspecified atom stereocenters. The van der Waals surface area contributed by atoms with Crippen LogP contribution in [0, 0.1) is 0 Å². The number of amides is 1. The van der Waals surface area contributed by atoms with Gasteiger partial charge in [-0.3, -0.25) is 4.79 Å². The topological polar surface area (TPSA) is 96.7 Å². The third-order valence-corrected chi connectivity index (χ3v) is 7.36. The van der Waals surface area contributed by atoms with Gasteiger partial charge in [0, 0.05) is 36.7 Å². The van der Waals surface area contributed by atoms with E-state index in [1.165, 1.54) is 16.4 Å². The molecule has 1 aliphatic heterocycles. The Labute approximate surface area is 187 Å². The second kappa shape index (κ2) is 9.46. The Morgan fingerprint density at radius 1 is 1.03 bits per heavy atom. The van der Waals surface area contributed by atoms with Gasteiger partial charge in [0.2, 0.25) is 10.0 Å². The van der Waals surface area contributed by atoms with E-state index in [2.05, 4.69) is 15.5 Å². The van der Waals surface area contributed by atoms with E-state index in [4.69, 9.17) is 0 Å². The van der Waals surface area contributed by atoms with Crippen LogP contribution in [0.25, 0.3) is 5.69 Å². The highest BCUT2D eigenvalue weighted by molar-refractivity contribution is 7.89. The fourth-order valence-electron chi connectivity index (χ4n) is 3.60. The quantitative estimate of drug-likeness (QED) is 0.460. The van der Waals surface area contributed by atoms with Crippen LogP contribution in [0.5, 0.6) is 0 Å². The van der Waals surface area contributed by atoms with Crippen molar-refractivity contribution in [3.63, 3.8) is 0 Å². The minimum absolute atomic E-state index is 0.128. The van der Waals surface area contributed by atoms with Gasteiger partial charge < -0.3 is 4.57 Å². The zero-order chi connectivity index (χ0) is 22.6. The number of hydrogen-bond donors (Lipinski definition) is 1. The molecule has 1 N–H and O–H groups in total. The Morgan fingerprint density at radius 2 is 1.78 bits per heavy atom. The number of imidazole rings is 1. The minimum Gasteiger partial charge on any atom is -0.306 e. The Kier molecular flexibility index (Phi) is 6.48. The zero-order valence-electron chi connectivity index (χ0n) is 17.8. The molecular formula is C23H25N5O3S. The molecule has 0 aliphatic carbocycles. The van der Waals surface area contributed by atoms with Crippen molar-refractivity contribution < 1.29 is 13.2 Å². The molecule has 2 aromatic carbocycles. The maximum atomic E-state index is 12.9. The summed E-state index contributed by atoms with van der Waals surface area (Å²) in [5.74, 6) is -0.463. The number of hydrogen-bond acceptors (Lipinski definition) is 5. The van der Waals surface area contributed by atoms with Crippen molar-refractivity contribution in [3.05, 3.63) is 78.4 Å². The monoisotopic (exact) mass is 451 g/mol. The van der Waals surface area contributed by atoms with Crippen molar-refractivity contribution in [2.45, 2.75) is 31.1 Å². The van der Waals surface area contributed by atoms with Crippen LogP contribution >= 0.6 is 0 Å². The number of sulfonamides is 1. The first-order chi connectivity index (χ1) is 15.4. The largest absolute Gasteiger partial charge is 0.306 e. The molecule has 32 heavy (non-hydrogen) atoms. The molecule has 4 rings (SSSR count). The maximum absolute atomic E-state index is 12.9. The summed E-state index contributed by atoms with van der Waals surface area (Å²) in [6, 6.07) is 13.8. The highest BCUT2D eigenvalue weighted by atomic mass is 32.2. The van der Waals surface area contributed by atoms with Gasteiger partial charge in [-0.15, -0.1) is 0 Å². The standard InChI is InChI=1S/C23H25N5O3S/c1-18(19-8-10-21(11-9-19)27-15-12-24-17-27)25-26-23(29)20-6-5-7-22(16-20)32(30,31)28-13-3-2-4-14-28/h5-12,15-17H,2-4,13-14H2,1H3,(H,26,29). The molecule has 1 aliphatic rings. The van der Waals surface area contributed by atoms with Gasteiger partial charge in [0.25, 0.3) is 5.91 Å². The summed E-state index contributed by atoms with van der Waals surface area (Å²) >= 11 is 0. The lowest BCUT2D eigenvalue weighted by molar-refractivity contribution is 0.0954. The first-order valence-electron chi connectivity index (χ1n) is 10.5. The van der Waals surface area contributed by atoms with Crippen LogP contribution < -0.4 is 5.43 Å². The fourth-order valence-corrected chi connectivity index (χ4v) is 5.17. The van der Waals surface area contributed by atoms with Crippen LogP contribution in [0.2, 0.25) is 0 Å². The van der Waals surface area contributed by atoms with Crippen molar-refractivity contribution in [1.82, 2.24) is 19.3 Å². The Morgan fingerprint density at radius 3 is 2.47 bits per heavy atom. The maximum Gasteiger partial charge on any atom is 0.271 e. The Bertz CT molecular complexity index is 1210. The molecule has 8 nitrogen and oxygen atoms in total. The lowest BCUT2D eigenvalue weighted by Crippen LogP contribution is -2.35. The van der Waals surface area contributed by atoms with E-state index in [9.17, 15) is 13.2 Å². The Balaban J connectivity index is 1.45. The summed E-state index contributed by atoms with van der Waals surface area (Å²) in [5.41, 5.74) is 5.22. The molecule has 3 aromatic rings. The number of benzene rings is 2. The summed E-state index contributed by atoms with van der Waals surface area (Å²) in [6.45, 7) is 2.83. The molecule has 1 fully saturated rings. The molecule has 0 saturated carbocycles. The molecule has 0 bridgehead atoms. The molecule has 0 radical (unpaired) electrons. The van der Waals surface area contributed by atoms with Crippen LogP contribution in [0.4, 0.5) is 0 Å².